The summed E-state index contributed by atoms with van der Waals surface area (Å²) >= 11 is 0. The summed E-state index contributed by atoms with van der Waals surface area (Å²) in [4.78, 5) is 40.4. The molecule has 0 bridgehead atoms. The number of hydrogen-bond acceptors (Lipinski definition) is 5. The molecular formula is C21H31N3O5. The molecule has 0 spiro atoms. The van der Waals surface area contributed by atoms with E-state index in [0.29, 0.717) is 32.8 Å². The highest BCUT2D eigenvalue weighted by Crippen LogP contribution is 2.14. The smallest absolute Gasteiger partial charge is 0.409 e. The SMILES string of the molecule is CCOC(=O)N1CCN(C(=O)[C@@H](NC(=O)OCc2ccccc2)[C@@H](C)CC)CC1. The second kappa shape index (κ2) is 11.3. The first-order chi connectivity index (χ1) is 14.0. The Balaban J connectivity index is 1.91. The van der Waals surface area contributed by atoms with Gasteiger partial charge in [0.25, 0.3) is 0 Å². The molecule has 0 aliphatic carbocycles. The number of amides is 3. The van der Waals surface area contributed by atoms with Gasteiger partial charge >= 0.3 is 12.2 Å². The van der Waals surface area contributed by atoms with E-state index in [-0.39, 0.29) is 24.5 Å². The fourth-order valence-electron chi connectivity index (χ4n) is 3.10. The lowest BCUT2D eigenvalue weighted by molar-refractivity contribution is -0.136. The summed E-state index contributed by atoms with van der Waals surface area (Å²) in [7, 11) is 0. The minimum Gasteiger partial charge on any atom is -0.450 e. The van der Waals surface area contributed by atoms with Crippen LogP contribution in [-0.2, 0) is 20.9 Å². The van der Waals surface area contributed by atoms with E-state index in [9.17, 15) is 14.4 Å². The number of nitrogens with zero attached hydrogens (tertiary/aromatic N) is 2. The van der Waals surface area contributed by atoms with E-state index >= 15 is 0 Å². The van der Waals surface area contributed by atoms with Crippen molar-refractivity contribution in [3.63, 3.8) is 0 Å². The van der Waals surface area contributed by atoms with Gasteiger partial charge in [0.2, 0.25) is 5.91 Å². The first-order valence-corrected chi connectivity index (χ1v) is 10.1. The van der Waals surface area contributed by atoms with E-state index in [1.54, 1.807) is 16.7 Å². The molecule has 2 rings (SSSR count). The summed E-state index contributed by atoms with van der Waals surface area (Å²) in [5, 5.41) is 2.73. The molecule has 0 unspecified atom stereocenters. The highest BCUT2D eigenvalue weighted by Gasteiger charge is 2.33. The normalized spacial score (nSPS) is 16.0. The summed E-state index contributed by atoms with van der Waals surface area (Å²) in [5.74, 6) is -0.200. The van der Waals surface area contributed by atoms with Crippen molar-refractivity contribution in [3.8, 4) is 0 Å². The van der Waals surface area contributed by atoms with Crippen molar-refractivity contribution in [2.45, 2.75) is 39.8 Å². The number of ether oxygens (including phenoxy) is 2. The van der Waals surface area contributed by atoms with Crippen LogP contribution in [0.2, 0.25) is 0 Å². The van der Waals surface area contributed by atoms with Crippen LogP contribution >= 0.6 is 0 Å². The number of rotatable bonds is 7. The molecule has 0 aromatic heterocycles. The van der Waals surface area contributed by atoms with Crippen LogP contribution in [0.1, 0.15) is 32.8 Å². The number of benzene rings is 1. The maximum absolute atomic E-state index is 13.0. The largest absolute Gasteiger partial charge is 0.450 e. The van der Waals surface area contributed by atoms with Crippen molar-refractivity contribution in [2.75, 3.05) is 32.8 Å². The molecule has 1 aromatic carbocycles. The van der Waals surface area contributed by atoms with Crippen LogP contribution in [0.5, 0.6) is 0 Å². The molecule has 8 nitrogen and oxygen atoms in total. The Labute approximate surface area is 172 Å². The van der Waals surface area contributed by atoms with Crippen molar-refractivity contribution >= 4 is 18.1 Å². The average molecular weight is 405 g/mol. The number of hydrogen-bond donors (Lipinski definition) is 1. The Hall–Kier alpha value is -2.77. The van der Waals surface area contributed by atoms with Gasteiger partial charge in [0.05, 0.1) is 6.61 Å². The third kappa shape index (κ3) is 6.66. The zero-order valence-electron chi connectivity index (χ0n) is 17.4. The van der Waals surface area contributed by atoms with Crippen LogP contribution in [0.3, 0.4) is 0 Å². The minimum atomic E-state index is -0.669. The van der Waals surface area contributed by atoms with Gasteiger partial charge in [-0.05, 0) is 18.4 Å². The number of carbonyl (C=O) groups excluding carboxylic acids is 3. The van der Waals surface area contributed by atoms with Gasteiger partial charge in [0, 0.05) is 26.2 Å². The van der Waals surface area contributed by atoms with Crippen molar-refractivity contribution in [3.05, 3.63) is 35.9 Å². The van der Waals surface area contributed by atoms with Gasteiger partial charge in [-0.25, -0.2) is 9.59 Å². The molecule has 1 aromatic rings. The second-order valence-corrected chi connectivity index (χ2v) is 7.08. The summed E-state index contributed by atoms with van der Waals surface area (Å²) in [5.41, 5.74) is 0.879. The molecule has 1 N–H and O–H groups in total. The number of carbonyl (C=O) groups is 3. The highest BCUT2D eigenvalue weighted by atomic mass is 16.6. The molecule has 29 heavy (non-hydrogen) atoms. The van der Waals surface area contributed by atoms with Crippen molar-refractivity contribution in [1.29, 1.82) is 0 Å². The van der Waals surface area contributed by atoms with Crippen LogP contribution in [0.15, 0.2) is 30.3 Å². The van der Waals surface area contributed by atoms with Gasteiger partial charge < -0.3 is 24.6 Å². The van der Waals surface area contributed by atoms with E-state index < -0.39 is 12.1 Å². The molecule has 0 radical (unpaired) electrons. The van der Waals surface area contributed by atoms with Crippen LogP contribution in [-0.4, -0.2) is 66.7 Å². The molecular weight excluding hydrogens is 374 g/mol. The Morgan fingerprint density at radius 1 is 1.00 bits per heavy atom. The Morgan fingerprint density at radius 2 is 1.62 bits per heavy atom. The molecule has 0 saturated carbocycles. The molecule has 1 saturated heterocycles. The lowest BCUT2D eigenvalue weighted by atomic mass is 9.97. The van der Waals surface area contributed by atoms with Crippen LogP contribution < -0.4 is 5.32 Å². The number of alkyl carbamates (subject to hydrolysis) is 1. The van der Waals surface area contributed by atoms with Gasteiger partial charge in [-0.1, -0.05) is 50.6 Å². The molecule has 8 heteroatoms. The summed E-state index contributed by atoms with van der Waals surface area (Å²) in [6.45, 7) is 7.77. The minimum absolute atomic E-state index is 0.0464. The molecule has 1 heterocycles. The highest BCUT2D eigenvalue weighted by molar-refractivity contribution is 5.86. The number of piperazine rings is 1. The lowest BCUT2D eigenvalue weighted by Crippen LogP contribution is -2.57. The Morgan fingerprint density at radius 3 is 2.21 bits per heavy atom. The third-order valence-electron chi connectivity index (χ3n) is 5.08. The van der Waals surface area contributed by atoms with E-state index in [0.717, 1.165) is 12.0 Å². The van der Waals surface area contributed by atoms with Crippen LogP contribution in [0.4, 0.5) is 9.59 Å². The maximum atomic E-state index is 13.0. The molecule has 160 valence electrons. The molecule has 2 atom stereocenters. The van der Waals surface area contributed by atoms with Gasteiger partial charge in [-0.15, -0.1) is 0 Å². The second-order valence-electron chi connectivity index (χ2n) is 7.08. The summed E-state index contributed by atoms with van der Waals surface area (Å²) in [6, 6.07) is 8.71. The predicted octanol–water partition coefficient (Wildman–Crippen LogP) is 2.63. The molecule has 1 aliphatic heterocycles. The Bertz CT molecular complexity index is 674. The summed E-state index contributed by atoms with van der Waals surface area (Å²) in [6.07, 6.45) is -0.239. The standard InChI is InChI=1S/C21H31N3O5/c1-4-16(3)18(22-20(26)29-15-17-9-7-6-8-10-17)19(25)23-11-13-24(14-12-23)21(27)28-5-2/h6-10,16,18H,4-5,11-15H2,1-3H3,(H,22,26)/t16-,18-/m0/s1. The topological polar surface area (TPSA) is 88.2 Å². The van der Waals surface area contributed by atoms with Crippen LogP contribution in [0, 0.1) is 5.92 Å². The molecule has 1 fully saturated rings. The van der Waals surface area contributed by atoms with Gasteiger partial charge in [0.15, 0.2) is 0 Å². The number of nitrogens with one attached hydrogen (secondary N) is 1. The third-order valence-corrected chi connectivity index (χ3v) is 5.08. The first-order valence-electron chi connectivity index (χ1n) is 10.1. The van der Waals surface area contributed by atoms with Crippen molar-refractivity contribution in [1.82, 2.24) is 15.1 Å². The molecule has 1 aliphatic rings. The maximum Gasteiger partial charge on any atom is 0.409 e. The fraction of sp³-hybridized carbons (Fsp3) is 0.571. The predicted molar refractivity (Wildman–Crippen MR) is 108 cm³/mol. The van der Waals surface area contributed by atoms with Gasteiger partial charge in [-0.2, -0.15) is 0 Å². The summed E-state index contributed by atoms with van der Waals surface area (Å²) < 4.78 is 10.3. The quantitative estimate of drug-likeness (QED) is 0.753. The van der Waals surface area contributed by atoms with Crippen molar-refractivity contribution in [2.24, 2.45) is 5.92 Å². The van der Waals surface area contributed by atoms with E-state index in [2.05, 4.69) is 5.32 Å². The van der Waals surface area contributed by atoms with E-state index in [1.165, 1.54) is 0 Å². The zero-order chi connectivity index (χ0) is 21.2. The zero-order valence-corrected chi connectivity index (χ0v) is 17.4. The van der Waals surface area contributed by atoms with E-state index in [1.807, 2.05) is 44.2 Å². The monoisotopic (exact) mass is 405 g/mol. The van der Waals surface area contributed by atoms with Crippen LogP contribution in [0.25, 0.3) is 0 Å². The lowest BCUT2D eigenvalue weighted by Gasteiger charge is -2.37. The molecule has 3 amide bonds. The van der Waals surface area contributed by atoms with Gasteiger partial charge in [0.1, 0.15) is 12.6 Å². The Kier molecular flexibility index (Phi) is 8.76. The fourth-order valence-corrected chi connectivity index (χ4v) is 3.10. The van der Waals surface area contributed by atoms with Crippen molar-refractivity contribution < 1.29 is 23.9 Å². The van der Waals surface area contributed by atoms with E-state index in [4.69, 9.17) is 9.47 Å². The van der Waals surface area contributed by atoms with Gasteiger partial charge in [-0.3, -0.25) is 4.79 Å². The first kappa shape index (κ1) is 22.5. The average Bonchev–Trinajstić information content (AvgIpc) is 2.76.